The number of nitrogens with zero attached hydrogens (tertiary/aromatic N) is 1. The minimum Gasteiger partial charge on any atom is -0.486 e. The van der Waals surface area contributed by atoms with E-state index < -0.39 is 16.5 Å². The Bertz CT molecular complexity index is 564. The van der Waals surface area contributed by atoms with Crippen LogP contribution in [0, 0.1) is 10.1 Å². The van der Waals surface area contributed by atoms with Gasteiger partial charge >= 0.3 is 5.97 Å². The highest BCUT2D eigenvalue weighted by molar-refractivity contribution is 5.93. The van der Waals surface area contributed by atoms with Crippen molar-refractivity contribution in [2.75, 3.05) is 0 Å². The fraction of sp³-hybridized carbons (Fsp3) is 0.462. The lowest BCUT2D eigenvalue weighted by Gasteiger charge is -2.25. The molecule has 1 aromatic rings. The van der Waals surface area contributed by atoms with E-state index in [1.807, 2.05) is 20.8 Å². The Morgan fingerprint density at radius 1 is 1.53 bits per heavy atom. The Morgan fingerprint density at radius 3 is 2.63 bits per heavy atom. The van der Waals surface area contributed by atoms with Crippen LogP contribution in [0.1, 0.15) is 49.0 Å². The molecule has 6 nitrogen and oxygen atoms in total. The van der Waals surface area contributed by atoms with Crippen molar-refractivity contribution in [1.29, 1.82) is 0 Å². The molecule has 1 aromatic carbocycles. The molecular formula is C13H15NO5. The number of benzene rings is 1. The zero-order valence-electron chi connectivity index (χ0n) is 11.0. The quantitative estimate of drug-likeness (QED) is 0.670. The second-order valence-electron chi connectivity index (χ2n) is 5.14. The second kappa shape index (κ2) is 4.22. The molecular weight excluding hydrogens is 250 g/mol. The fourth-order valence-electron chi connectivity index (χ4n) is 2.69. The summed E-state index contributed by atoms with van der Waals surface area (Å²) in [5, 5.41) is 20.1. The average Bonchev–Trinajstić information content (AvgIpc) is 2.56. The van der Waals surface area contributed by atoms with Crippen molar-refractivity contribution in [2.24, 2.45) is 0 Å². The number of nitro groups is 1. The van der Waals surface area contributed by atoms with E-state index in [1.165, 1.54) is 6.07 Å². The summed E-state index contributed by atoms with van der Waals surface area (Å²) in [7, 11) is 0. The monoisotopic (exact) mass is 265 g/mol. The van der Waals surface area contributed by atoms with E-state index in [-0.39, 0.29) is 22.9 Å². The van der Waals surface area contributed by atoms with Gasteiger partial charge < -0.3 is 9.84 Å². The van der Waals surface area contributed by atoms with E-state index >= 15 is 0 Å². The van der Waals surface area contributed by atoms with Crippen molar-refractivity contribution in [3.05, 3.63) is 33.4 Å². The Kier molecular flexibility index (Phi) is 2.96. The van der Waals surface area contributed by atoms with Crippen molar-refractivity contribution < 1.29 is 19.6 Å². The maximum absolute atomic E-state index is 11.2. The summed E-state index contributed by atoms with van der Waals surface area (Å²) in [6.07, 6.45) is 0.722. The first kappa shape index (κ1) is 13.3. The molecule has 6 heteroatoms. The number of hydrogen-bond acceptors (Lipinski definition) is 4. The summed E-state index contributed by atoms with van der Waals surface area (Å²) in [5.41, 5.74) is -0.306. The number of rotatable bonds is 3. The first-order valence-corrected chi connectivity index (χ1v) is 6.02. The minimum absolute atomic E-state index is 0.0551. The molecule has 1 unspecified atom stereocenters. The number of carbonyl (C=O) groups is 1. The van der Waals surface area contributed by atoms with Crippen LogP contribution in [0.3, 0.4) is 0 Å². The Labute approximate surface area is 110 Å². The number of aromatic carboxylic acids is 1. The van der Waals surface area contributed by atoms with Gasteiger partial charge in [0, 0.05) is 23.6 Å². The van der Waals surface area contributed by atoms with E-state index in [1.54, 1.807) is 0 Å². The van der Waals surface area contributed by atoms with Crippen molar-refractivity contribution >= 4 is 11.7 Å². The molecule has 0 aliphatic carbocycles. The van der Waals surface area contributed by atoms with Crippen LogP contribution in [-0.4, -0.2) is 21.6 Å². The molecule has 0 fully saturated rings. The van der Waals surface area contributed by atoms with Gasteiger partial charge in [0.05, 0.1) is 4.92 Å². The predicted octanol–water partition coefficient (Wildman–Crippen LogP) is 2.96. The third-order valence-corrected chi connectivity index (χ3v) is 3.53. The highest BCUT2D eigenvalue weighted by Gasteiger charge is 2.43. The molecule has 19 heavy (non-hydrogen) atoms. The summed E-state index contributed by atoms with van der Waals surface area (Å²) >= 11 is 0. The van der Waals surface area contributed by atoms with Crippen LogP contribution in [0.25, 0.3) is 0 Å². The van der Waals surface area contributed by atoms with Crippen LogP contribution in [0.15, 0.2) is 12.1 Å². The first-order chi connectivity index (χ1) is 8.77. The van der Waals surface area contributed by atoms with Gasteiger partial charge in [0.25, 0.3) is 5.69 Å². The van der Waals surface area contributed by atoms with E-state index in [0.29, 0.717) is 5.56 Å². The normalized spacial score (nSPS) is 19.6. The van der Waals surface area contributed by atoms with E-state index in [2.05, 4.69) is 0 Å². The number of non-ortho nitro benzene ring substituents is 1. The van der Waals surface area contributed by atoms with Gasteiger partial charge in [-0.05, 0) is 20.3 Å². The molecule has 2 rings (SSSR count). The molecule has 0 saturated heterocycles. The number of carboxylic acids is 1. The van der Waals surface area contributed by atoms with Gasteiger partial charge in [-0.1, -0.05) is 6.92 Å². The Hall–Kier alpha value is -2.11. The fourth-order valence-corrected chi connectivity index (χ4v) is 2.69. The zero-order valence-corrected chi connectivity index (χ0v) is 11.0. The SMILES string of the molecule is CCC1c2cc([N+](=O)[O-])cc(C(=O)O)c2OC1(C)C. The maximum atomic E-state index is 11.2. The van der Waals surface area contributed by atoms with E-state index in [0.717, 1.165) is 12.5 Å². The van der Waals surface area contributed by atoms with Crippen LogP contribution >= 0.6 is 0 Å². The third kappa shape index (κ3) is 2.03. The smallest absolute Gasteiger partial charge is 0.339 e. The number of carboxylic acid groups (broad SMARTS) is 1. The Balaban J connectivity index is 2.70. The van der Waals surface area contributed by atoms with E-state index in [4.69, 9.17) is 4.74 Å². The molecule has 0 spiro atoms. The maximum Gasteiger partial charge on any atom is 0.339 e. The summed E-state index contributed by atoms with van der Waals surface area (Å²) < 4.78 is 5.72. The minimum atomic E-state index is -1.22. The van der Waals surface area contributed by atoms with E-state index in [9.17, 15) is 20.0 Å². The number of nitro benzene ring substituents is 1. The van der Waals surface area contributed by atoms with Gasteiger partial charge in [-0.2, -0.15) is 0 Å². The van der Waals surface area contributed by atoms with Gasteiger partial charge in [-0.25, -0.2) is 4.79 Å². The molecule has 102 valence electrons. The largest absolute Gasteiger partial charge is 0.486 e. The molecule has 1 aliphatic rings. The van der Waals surface area contributed by atoms with Crippen LogP contribution in [-0.2, 0) is 0 Å². The highest BCUT2D eigenvalue weighted by Crippen LogP contribution is 2.49. The molecule has 0 saturated carbocycles. The highest BCUT2D eigenvalue weighted by atomic mass is 16.6. The average molecular weight is 265 g/mol. The summed E-state index contributed by atoms with van der Waals surface area (Å²) in [4.78, 5) is 21.6. The van der Waals surface area contributed by atoms with Gasteiger partial charge in [0.2, 0.25) is 0 Å². The first-order valence-electron chi connectivity index (χ1n) is 6.02. The van der Waals surface area contributed by atoms with Crippen molar-refractivity contribution in [3.63, 3.8) is 0 Å². The summed E-state index contributed by atoms with van der Waals surface area (Å²) in [6.45, 7) is 5.67. The molecule has 1 aliphatic heterocycles. The molecule has 1 heterocycles. The standard InChI is InChI=1S/C13H15NO5/c1-4-10-8-5-7(14(17)18)6-9(12(15)16)11(8)19-13(10,2)3/h5-6,10H,4H2,1-3H3,(H,15,16). The van der Waals surface area contributed by atoms with Crippen molar-refractivity contribution in [1.82, 2.24) is 0 Å². The molecule has 0 aromatic heterocycles. The molecule has 1 atom stereocenters. The van der Waals surface area contributed by atoms with Crippen LogP contribution < -0.4 is 4.74 Å². The lowest BCUT2D eigenvalue weighted by molar-refractivity contribution is -0.385. The molecule has 0 bridgehead atoms. The van der Waals surface area contributed by atoms with Crippen molar-refractivity contribution in [3.8, 4) is 5.75 Å². The molecule has 1 N–H and O–H groups in total. The predicted molar refractivity (Wildman–Crippen MR) is 67.8 cm³/mol. The lowest BCUT2D eigenvalue weighted by atomic mass is 9.84. The van der Waals surface area contributed by atoms with Gasteiger partial charge in [0.1, 0.15) is 16.9 Å². The lowest BCUT2D eigenvalue weighted by Crippen LogP contribution is -2.29. The topological polar surface area (TPSA) is 89.7 Å². The molecule has 0 radical (unpaired) electrons. The van der Waals surface area contributed by atoms with Crippen LogP contribution in [0.4, 0.5) is 5.69 Å². The third-order valence-electron chi connectivity index (χ3n) is 3.53. The van der Waals surface area contributed by atoms with Gasteiger partial charge in [0.15, 0.2) is 0 Å². The van der Waals surface area contributed by atoms with Crippen LogP contribution in [0.5, 0.6) is 5.75 Å². The summed E-state index contributed by atoms with van der Waals surface area (Å²) in [6, 6.07) is 2.47. The van der Waals surface area contributed by atoms with Gasteiger partial charge in [-0.3, -0.25) is 10.1 Å². The second-order valence-corrected chi connectivity index (χ2v) is 5.14. The number of fused-ring (bicyclic) bond motifs is 1. The van der Waals surface area contributed by atoms with Crippen molar-refractivity contribution in [2.45, 2.75) is 38.7 Å². The number of ether oxygens (including phenoxy) is 1. The Morgan fingerprint density at radius 2 is 2.16 bits per heavy atom. The molecule has 0 amide bonds. The number of hydrogen-bond donors (Lipinski definition) is 1. The summed E-state index contributed by atoms with van der Waals surface area (Å²) in [5.74, 6) is -1.01. The van der Waals surface area contributed by atoms with Gasteiger partial charge in [-0.15, -0.1) is 0 Å². The zero-order chi connectivity index (χ0) is 14.4. The van der Waals surface area contributed by atoms with Crippen LogP contribution in [0.2, 0.25) is 0 Å².